The highest BCUT2D eigenvalue weighted by atomic mass is 19.3. The van der Waals surface area contributed by atoms with Gasteiger partial charge in [0.1, 0.15) is 0 Å². The Balaban J connectivity index is 1.28. The van der Waals surface area contributed by atoms with E-state index in [1.807, 2.05) is 0 Å². The molecule has 0 N–H and O–H groups in total. The van der Waals surface area contributed by atoms with Crippen molar-refractivity contribution < 1.29 is 36.3 Å². The molecule has 1 saturated carbocycles. The summed E-state index contributed by atoms with van der Waals surface area (Å²) in [4.78, 5) is 9.15. The molecule has 3 atom stereocenters. The van der Waals surface area contributed by atoms with Crippen LogP contribution in [0.15, 0.2) is 23.3 Å². The first kappa shape index (κ1) is 33.7. The van der Waals surface area contributed by atoms with Gasteiger partial charge >= 0.3 is 0 Å². The van der Waals surface area contributed by atoms with Crippen LogP contribution in [0, 0.1) is 29.4 Å². The van der Waals surface area contributed by atoms with Gasteiger partial charge in [0, 0.05) is 19.4 Å². The smallest absolute Gasteiger partial charge is 0.288 e. The van der Waals surface area contributed by atoms with E-state index in [0.717, 1.165) is 49.0 Å². The molecule has 0 radical (unpaired) electrons. The first-order valence-electron chi connectivity index (χ1n) is 16.2. The van der Waals surface area contributed by atoms with Crippen LogP contribution < -0.4 is 4.74 Å². The van der Waals surface area contributed by atoms with Gasteiger partial charge in [-0.25, -0.2) is 23.2 Å². The molecule has 0 aromatic heterocycles. The average molecular weight is 615 g/mol. The second-order valence-electron chi connectivity index (χ2n) is 12.0. The van der Waals surface area contributed by atoms with E-state index in [2.05, 4.69) is 18.8 Å². The molecule has 3 unspecified atom stereocenters. The zero-order valence-corrected chi connectivity index (χ0v) is 25.6. The van der Waals surface area contributed by atoms with Crippen molar-refractivity contribution in [2.45, 2.75) is 110 Å². The van der Waals surface area contributed by atoms with Gasteiger partial charge in [-0.2, -0.15) is 8.78 Å². The molecular weight excluding hydrogens is 567 g/mol. The lowest BCUT2D eigenvalue weighted by atomic mass is 9.77. The summed E-state index contributed by atoms with van der Waals surface area (Å²) in [5.41, 5.74) is -1.21. The average Bonchev–Trinajstić information content (AvgIpc) is 3.82. The highest BCUT2D eigenvalue weighted by molar-refractivity contribution is 5.98. The number of benzene rings is 1. The van der Waals surface area contributed by atoms with Gasteiger partial charge in [-0.05, 0) is 74.5 Å². The zero-order chi connectivity index (χ0) is 30.8. The van der Waals surface area contributed by atoms with Crippen molar-refractivity contribution in [2.75, 3.05) is 26.4 Å². The second-order valence-corrected chi connectivity index (χ2v) is 12.0. The predicted octanol–water partition coefficient (Wildman–Crippen LogP) is 9.05. The van der Waals surface area contributed by atoms with Crippen molar-refractivity contribution >= 4 is 5.71 Å². The Morgan fingerprint density at radius 1 is 0.953 bits per heavy atom. The number of alkyl halides is 3. The van der Waals surface area contributed by atoms with Crippen LogP contribution in [0.3, 0.4) is 0 Å². The number of aliphatic imine (C=N–C) groups is 1. The minimum atomic E-state index is -3.78. The fourth-order valence-corrected chi connectivity index (χ4v) is 6.15. The normalized spacial score (nSPS) is 21.9. The number of nitrogens with zero attached hydrogens (tertiary/aromatic N) is 2. The first-order valence-corrected chi connectivity index (χ1v) is 16.2. The summed E-state index contributed by atoms with van der Waals surface area (Å²) in [5, 5.41) is 0.856. The van der Waals surface area contributed by atoms with E-state index in [0.29, 0.717) is 26.1 Å². The molecule has 1 fully saturated rings. The molecule has 0 spiro atoms. The summed E-state index contributed by atoms with van der Waals surface area (Å²) < 4.78 is 87.1. The van der Waals surface area contributed by atoms with Crippen molar-refractivity contribution in [3.05, 3.63) is 41.1 Å². The molecule has 4 rings (SSSR count). The van der Waals surface area contributed by atoms with E-state index in [1.54, 1.807) is 0 Å². The van der Waals surface area contributed by atoms with Gasteiger partial charge in [0.05, 0.1) is 30.4 Å². The number of fused-ring (bicyclic) bond motifs is 1. The zero-order valence-electron chi connectivity index (χ0n) is 25.6. The third-order valence-electron chi connectivity index (χ3n) is 8.80. The molecule has 0 bridgehead atoms. The highest BCUT2D eigenvalue weighted by Crippen LogP contribution is 2.48. The van der Waals surface area contributed by atoms with E-state index in [1.165, 1.54) is 44.0 Å². The van der Waals surface area contributed by atoms with Gasteiger partial charge in [-0.15, -0.1) is 0 Å². The summed E-state index contributed by atoms with van der Waals surface area (Å²) in [7, 11) is 0. The predicted molar refractivity (Wildman–Crippen MR) is 157 cm³/mol. The fourth-order valence-electron chi connectivity index (χ4n) is 6.15. The number of hydrogen-bond donors (Lipinski definition) is 0. The summed E-state index contributed by atoms with van der Waals surface area (Å²) in [6, 6.07) is 1.19. The molecular formula is C33H47F5N2O3. The molecule has 1 aliphatic heterocycles. The monoisotopic (exact) mass is 614 g/mol. The SMILES string of the molecule is CCCCCOCCCON1C=CC(C2CCc3cc(OCCCCCC(CC)C4CC4)c(F)c(F)c3C2(F)F)=NC1F. The number of allylic oxidation sites excluding steroid dienone is 1. The molecule has 0 amide bonds. The highest BCUT2D eigenvalue weighted by Gasteiger charge is 2.51. The Morgan fingerprint density at radius 3 is 2.44 bits per heavy atom. The lowest BCUT2D eigenvalue weighted by Gasteiger charge is -2.35. The van der Waals surface area contributed by atoms with Gasteiger partial charge < -0.3 is 9.47 Å². The van der Waals surface area contributed by atoms with Gasteiger partial charge in [0.25, 0.3) is 12.3 Å². The summed E-state index contributed by atoms with van der Waals surface area (Å²) in [5.74, 6) is -7.12. The lowest BCUT2D eigenvalue weighted by Crippen LogP contribution is -2.40. The molecule has 0 saturated heterocycles. The van der Waals surface area contributed by atoms with Crippen molar-refractivity contribution in [3.8, 4) is 5.75 Å². The van der Waals surface area contributed by atoms with Crippen LogP contribution in [-0.2, 0) is 21.9 Å². The topological polar surface area (TPSA) is 43.3 Å². The van der Waals surface area contributed by atoms with Crippen LogP contribution in [0.25, 0.3) is 0 Å². The van der Waals surface area contributed by atoms with E-state index >= 15 is 13.2 Å². The van der Waals surface area contributed by atoms with Crippen LogP contribution in [0.2, 0.25) is 0 Å². The third-order valence-corrected chi connectivity index (χ3v) is 8.80. The summed E-state index contributed by atoms with van der Waals surface area (Å²) >= 11 is 0. The third kappa shape index (κ3) is 8.93. The van der Waals surface area contributed by atoms with E-state index in [4.69, 9.17) is 14.3 Å². The van der Waals surface area contributed by atoms with Crippen molar-refractivity contribution in [1.29, 1.82) is 0 Å². The molecule has 5 nitrogen and oxygen atoms in total. The Labute approximate surface area is 252 Å². The number of unbranched alkanes of at least 4 members (excludes halogenated alkanes) is 4. The van der Waals surface area contributed by atoms with Crippen LogP contribution in [-0.4, -0.2) is 43.6 Å². The molecule has 1 aromatic rings. The first-order chi connectivity index (χ1) is 20.8. The largest absolute Gasteiger partial charge is 0.490 e. The van der Waals surface area contributed by atoms with E-state index in [9.17, 15) is 8.78 Å². The molecule has 242 valence electrons. The number of halogens is 5. The Morgan fingerprint density at radius 2 is 1.72 bits per heavy atom. The molecule has 43 heavy (non-hydrogen) atoms. The second kappa shape index (κ2) is 16.2. The fraction of sp³-hybridized carbons (Fsp3) is 0.727. The molecule has 10 heteroatoms. The summed E-state index contributed by atoms with van der Waals surface area (Å²) in [6.45, 7) is 5.83. The molecule has 1 heterocycles. The number of ether oxygens (including phenoxy) is 2. The minimum Gasteiger partial charge on any atom is -0.490 e. The van der Waals surface area contributed by atoms with Gasteiger partial charge in [-0.3, -0.25) is 4.84 Å². The van der Waals surface area contributed by atoms with E-state index < -0.39 is 35.5 Å². The van der Waals surface area contributed by atoms with Gasteiger partial charge in [-0.1, -0.05) is 52.4 Å². The van der Waals surface area contributed by atoms with Gasteiger partial charge in [0.2, 0.25) is 5.82 Å². The number of rotatable bonds is 19. The van der Waals surface area contributed by atoms with Crippen molar-refractivity contribution in [1.82, 2.24) is 5.06 Å². The Hall–Kier alpha value is -2.20. The Kier molecular flexibility index (Phi) is 12.7. The van der Waals surface area contributed by atoms with Crippen LogP contribution in [0.4, 0.5) is 22.0 Å². The number of hydroxylamine groups is 2. The molecule has 2 aliphatic carbocycles. The molecule has 3 aliphatic rings. The minimum absolute atomic E-state index is 0.00410. The Bertz CT molecular complexity index is 1090. The maximum atomic E-state index is 15.6. The van der Waals surface area contributed by atoms with Crippen molar-refractivity contribution in [2.24, 2.45) is 22.7 Å². The van der Waals surface area contributed by atoms with Gasteiger partial charge in [0.15, 0.2) is 11.6 Å². The standard InChI is InChI=1S/C33H47F5N2O3/c1-3-5-8-18-41-19-10-21-43-40-17-16-27(39-32(40)36)26-15-14-25-22-28(30(34)31(35)29(25)33(26,37)38)42-20-9-6-7-11-23(4-2)24-12-13-24/h16-17,22-24,26,32H,3-15,18-21H2,1-2H3. The maximum absolute atomic E-state index is 15.6. The molecule has 1 aromatic carbocycles. The number of aryl methyl sites for hydroxylation is 1. The summed E-state index contributed by atoms with van der Waals surface area (Å²) in [6.07, 6.45) is 11.8. The number of hydrogen-bond acceptors (Lipinski definition) is 5. The maximum Gasteiger partial charge on any atom is 0.288 e. The van der Waals surface area contributed by atoms with Crippen molar-refractivity contribution in [3.63, 3.8) is 0 Å². The quantitative estimate of drug-likeness (QED) is 0.0886. The lowest BCUT2D eigenvalue weighted by molar-refractivity contribution is -0.182. The van der Waals surface area contributed by atoms with Crippen LogP contribution >= 0.6 is 0 Å². The van der Waals surface area contributed by atoms with Crippen LogP contribution in [0.1, 0.15) is 102 Å². The van der Waals surface area contributed by atoms with E-state index in [-0.39, 0.29) is 43.1 Å². The van der Waals surface area contributed by atoms with Crippen LogP contribution in [0.5, 0.6) is 5.75 Å².